The number of nitrogens with one attached hydrogen (secondary N) is 2. The van der Waals surface area contributed by atoms with E-state index in [0.717, 1.165) is 0 Å². The molecule has 0 unspecified atom stereocenters. The minimum Gasteiger partial charge on any atom is -0.402 e. The van der Waals surface area contributed by atoms with E-state index >= 15 is 35.1 Å². The lowest BCUT2D eigenvalue weighted by molar-refractivity contribution is 0.0746. The molecule has 5 heterocycles. The second-order valence-electron chi connectivity index (χ2n) is 14.2. The summed E-state index contributed by atoms with van der Waals surface area (Å²) in [6.07, 6.45) is 0. The minimum atomic E-state index is -2.87. The van der Waals surface area contributed by atoms with Crippen LogP contribution in [0.5, 0.6) is 11.8 Å². The van der Waals surface area contributed by atoms with Gasteiger partial charge in [0.05, 0.1) is 44.4 Å². The standard InChI is InChI=1S/C42H6F20N4O4/c43-17-13(18(44)26(52)33(59)25(17)51)9-5-1-3-7(63-5)11(15-21(47)29(55)35(61)30(56)22(15)48)39-66-38(42(68)69-39)10(14-19(45)27(53)34(60)28(54)20(14)46)6-2-4-8(64-6)12(40-65-37(9)41(67)70-40)16-23(49)31(57)36(62)32(58)24(16)50/h1-4,63-64H. The fourth-order valence-electron chi connectivity index (χ4n) is 7.29. The Balaban J connectivity index is 1.63. The van der Waals surface area contributed by atoms with Crippen molar-refractivity contribution in [3.8, 4) is 56.3 Å². The number of benzene rings is 4. The summed E-state index contributed by atoms with van der Waals surface area (Å²) >= 11 is 0. The normalized spacial score (nSPS) is 12.6. The summed E-state index contributed by atoms with van der Waals surface area (Å²) in [5, 5.41) is 0. The van der Waals surface area contributed by atoms with Gasteiger partial charge in [-0.15, -0.1) is 0 Å². The molecule has 28 heteroatoms. The van der Waals surface area contributed by atoms with Crippen LogP contribution < -0.4 is 9.47 Å². The van der Waals surface area contributed by atoms with Crippen molar-refractivity contribution in [3.63, 3.8) is 0 Å². The highest BCUT2D eigenvalue weighted by Gasteiger charge is 2.39. The summed E-state index contributed by atoms with van der Waals surface area (Å²) in [4.78, 5) is 38.4. The number of aromatic nitrogens is 4. The van der Waals surface area contributed by atoms with E-state index in [2.05, 4.69) is 9.97 Å². The molecule has 8 bridgehead atoms. The maximum Gasteiger partial charge on any atom is 0.364 e. The number of fused-ring (bicyclic) bond motifs is 8. The number of ether oxygens (including phenoxy) is 2. The third-order valence-electron chi connectivity index (χ3n) is 10.4. The van der Waals surface area contributed by atoms with E-state index in [9.17, 15) is 62.3 Å². The third kappa shape index (κ3) is 6.47. The third-order valence-corrected chi connectivity index (χ3v) is 10.4. The Hall–Kier alpha value is -8.46. The number of halogens is 20. The molecule has 7 aromatic rings. The first kappa shape index (κ1) is 46.6. The molecule has 0 atom stereocenters. The van der Waals surface area contributed by atoms with Crippen LogP contribution in [0.3, 0.4) is 0 Å². The van der Waals surface area contributed by atoms with Gasteiger partial charge in [-0.2, -0.15) is 0 Å². The molecule has 8 nitrogen and oxygen atoms in total. The Kier molecular flexibility index (Phi) is 10.7. The first-order valence-corrected chi connectivity index (χ1v) is 18.2. The number of nitrogens with zero attached hydrogens (tertiary/aromatic N) is 2. The summed E-state index contributed by atoms with van der Waals surface area (Å²) in [5.41, 5.74) is -24.5. The van der Waals surface area contributed by atoms with Crippen molar-refractivity contribution < 1.29 is 107 Å². The number of aromatic amines is 2. The van der Waals surface area contributed by atoms with Gasteiger partial charge in [-0.1, -0.05) is 0 Å². The molecule has 2 aliphatic heterocycles. The molecule has 0 saturated carbocycles. The molecule has 4 aromatic carbocycles. The number of esters is 2. The molecule has 2 N–H and O–H groups in total. The lowest BCUT2D eigenvalue weighted by Gasteiger charge is -2.10. The smallest absolute Gasteiger partial charge is 0.364 e. The molecular formula is C42H6F20N4O4. The van der Waals surface area contributed by atoms with Gasteiger partial charge < -0.3 is 19.4 Å². The molecule has 0 amide bonds. The monoisotopic (exact) mass is 1010 g/mol. The molecule has 9 rings (SSSR count). The molecular weight excluding hydrogens is 1000 g/mol. The van der Waals surface area contributed by atoms with Gasteiger partial charge in [0.1, 0.15) is 0 Å². The number of rotatable bonds is 4. The van der Waals surface area contributed by atoms with E-state index in [-0.39, 0.29) is 0 Å². The van der Waals surface area contributed by atoms with Crippen LogP contribution >= 0.6 is 0 Å². The van der Waals surface area contributed by atoms with Crippen LogP contribution in [-0.4, -0.2) is 31.9 Å². The second kappa shape index (κ2) is 16.1. The average Bonchev–Trinajstić information content (AvgIpc) is 4.17. The Labute approximate surface area is 369 Å². The zero-order chi connectivity index (χ0) is 51.0. The maximum absolute atomic E-state index is 15.8. The zero-order valence-electron chi connectivity index (χ0n) is 32.4. The predicted octanol–water partition coefficient (Wildman–Crippen LogP) is 12.2. The molecule has 0 radical (unpaired) electrons. The van der Waals surface area contributed by atoms with E-state index in [1.54, 1.807) is 0 Å². The van der Waals surface area contributed by atoms with Crippen molar-refractivity contribution >= 4 is 34.0 Å². The molecule has 2 aliphatic rings. The van der Waals surface area contributed by atoms with Gasteiger partial charge in [-0.05, 0) is 24.3 Å². The molecule has 70 heavy (non-hydrogen) atoms. The summed E-state index contributed by atoms with van der Waals surface area (Å²) in [6, 6.07) is 1.40. The van der Waals surface area contributed by atoms with Gasteiger partial charge in [0, 0.05) is 22.2 Å². The average molecular weight is 1010 g/mol. The van der Waals surface area contributed by atoms with Crippen LogP contribution in [0.25, 0.3) is 66.6 Å². The summed E-state index contributed by atoms with van der Waals surface area (Å²) in [6.45, 7) is 0. The number of hydrogen-bond acceptors (Lipinski definition) is 6. The van der Waals surface area contributed by atoms with E-state index < -0.39 is 218 Å². The van der Waals surface area contributed by atoms with Crippen molar-refractivity contribution in [2.75, 3.05) is 0 Å². The lowest BCUT2D eigenvalue weighted by Crippen LogP contribution is -2.09. The highest BCUT2D eigenvalue weighted by Crippen LogP contribution is 2.46. The maximum atomic E-state index is 15.8. The first-order valence-electron chi connectivity index (χ1n) is 18.2. The first-order chi connectivity index (χ1) is 32.9. The van der Waals surface area contributed by atoms with Crippen molar-refractivity contribution in [1.29, 1.82) is 0 Å². The Morgan fingerprint density at radius 3 is 0.686 bits per heavy atom. The Morgan fingerprint density at radius 1 is 0.271 bits per heavy atom. The minimum absolute atomic E-state index is 0.348. The summed E-state index contributed by atoms with van der Waals surface area (Å²) in [7, 11) is 0. The highest BCUT2D eigenvalue weighted by atomic mass is 19.2. The van der Waals surface area contributed by atoms with Crippen molar-refractivity contribution in [3.05, 3.63) is 152 Å². The van der Waals surface area contributed by atoms with Crippen LogP contribution in [0.2, 0.25) is 0 Å². The lowest BCUT2D eigenvalue weighted by atomic mass is 10.0. The Morgan fingerprint density at radius 2 is 0.457 bits per heavy atom. The number of carbonyl (C=O) groups excluding carboxylic acids is 2. The van der Waals surface area contributed by atoms with Gasteiger partial charge in [-0.25, -0.2) is 107 Å². The number of H-pyrrole nitrogens is 2. The summed E-state index contributed by atoms with van der Waals surface area (Å²) < 4.78 is 312. The summed E-state index contributed by atoms with van der Waals surface area (Å²) in [5.74, 6) is -64.4. The van der Waals surface area contributed by atoms with E-state index in [0.29, 0.717) is 24.3 Å². The molecule has 3 aromatic heterocycles. The molecule has 0 fully saturated rings. The van der Waals surface area contributed by atoms with Crippen LogP contribution in [0.4, 0.5) is 87.8 Å². The van der Waals surface area contributed by atoms with Crippen molar-refractivity contribution in [2.24, 2.45) is 0 Å². The van der Waals surface area contributed by atoms with Crippen LogP contribution in [0, 0.1) is 116 Å². The van der Waals surface area contributed by atoms with Crippen molar-refractivity contribution in [1.82, 2.24) is 19.9 Å². The van der Waals surface area contributed by atoms with Gasteiger partial charge in [0.25, 0.3) is 0 Å². The van der Waals surface area contributed by atoms with E-state index in [4.69, 9.17) is 9.47 Å². The quantitative estimate of drug-likeness (QED) is 0.0787. The zero-order valence-corrected chi connectivity index (χ0v) is 32.4. The van der Waals surface area contributed by atoms with Crippen LogP contribution in [0.1, 0.15) is 21.0 Å². The molecule has 0 saturated heterocycles. The topological polar surface area (TPSA) is 110 Å². The molecule has 0 aliphatic carbocycles. The van der Waals surface area contributed by atoms with Crippen LogP contribution in [0.15, 0.2) is 24.3 Å². The van der Waals surface area contributed by atoms with Gasteiger partial charge in [-0.3, -0.25) is 0 Å². The number of carbonyl (C=O) groups is 2. The van der Waals surface area contributed by atoms with Gasteiger partial charge in [0.2, 0.25) is 35.0 Å². The SMILES string of the molecule is O=C1Oc2nc1c(-c1c(F)c(F)c(F)c(F)c1F)c1ccc([nH]1)c(-c1c(F)c(F)c(F)c(F)c1F)c1nc(c(-c3c(F)c(F)c(F)c(F)c3F)c3ccc([nH]3)c2-c2c(F)c(F)c(F)c(F)c2F)C(=O)O1. The van der Waals surface area contributed by atoms with Crippen LogP contribution in [-0.2, 0) is 0 Å². The Bertz CT molecular complexity index is 3440. The molecule has 358 valence electrons. The fraction of sp³-hybridized carbons (Fsp3) is 0. The van der Waals surface area contributed by atoms with Crippen molar-refractivity contribution in [2.45, 2.75) is 0 Å². The highest BCUT2D eigenvalue weighted by molar-refractivity contribution is 6.07. The largest absolute Gasteiger partial charge is 0.402 e. The van der Waals surface area contributed by atoms with E-state index in [1.165, 1.54) is 0 Å². The van der Waals surface area contributed by atoms with Gasteiger partial charge in [0.15, 0.2) is 104 Å². The predicted molar refractivity (Wildman–Crippen MR) is 192 cm³/mol. The van der Waals surface area contributed by atoms with Gasteiger partial charge >= 0.3 is 11.9 Å². The second-order valence-corrected chi connectivity index (χ2v) is 14.2. The fourth-order valence-corrected chi connectivity index (χ4v) is 7.29. The molecule has 0 spiro atoms. The number of hydrogen-bond donors (Lipinski definition) is 2. The van der Waals surface area contributed by atoms with E-state index in [1.807, 2.05) is 9.97 Å².